The van der Waals surface area contributed by atoms with Crippen molar-refractivity contribution < 1.29 is 35.8 Å². The SMILES string of the molecule is Cn1c(=O)n(CCCC(F)(F)F)c(=O)c2c1nc(Oc1cccc(OC(F)(F)F)c1)n2Cc1ccc(Cl)cc1. The molecular weight excluding hydrogens is 558 g/mol. The maximum Gasteiger partial charge on any atom is 0.573 e. The third kappa shape index (κ3) is 6.74. The van der Waals surface area contributed by atoms with Crippen LogP contribution in [-0.2, 0) is 20.1 Å². The fourth-order valence-corrected chi connectivity index (χ4v) is 3.95. The molecule has 39 heavy (non-hydrogen) atoms. The van der Waals surface area contributed by atoms with Gasteiger partial charge in [-0.25, -0.2) is 4.79 Å². The fraction of sp³-hybridized carbons (Fsp3) is 0.292. The normalized spacial score (nSPS) is 12.2. The lowest BCUT2D eigenvalue weighted by molar-refractivity contribution is -0.274. The lowest BCUT2D eigenvalue weighted by Crippen LogP contribution is -2.40. The maximum atomic E-state index is 13.4. The van der Waals surface area contributed by atoms with Crippen molar-refractivity contribution >= 4 is 22.8 Å². The molecule has 0 amide bonds. The van der Waals surface area contributed by atoms with E-state index in [0.717, 1.165) is 16.7 Å². The molecule has 208 valence electrons. The van der Waals surface area contributed by atoms with Crippen LogP contribution in [0.25, 0.3) is 11.2 Å². The van der Waals surface area contributed by atoms with E-state index in [9.17, 15) is 35.9 Å². The van der Waals surface area contributed by atoms with Crippen LogP contribution in [0.1, 0.15) is 18.4 Å². The highest BCUT2D eigenvalue weighted by molar-refractivity contribution is 6.30. The number of ether oxygens (including phenoxy) is 2. The van der Waals surface area contributed by atoms with Gasteiger partial charge in [0, 0.05) is 31.1 Å². The summed E-state index contributed by atoms with van der Waals surface area (Å²) < 4.78 is 88.6. The monoisotopic (exact) mass is 576 g/mol. The maximum absolute atomic E-state index is 13.4. The second-order valence-electron chi connectivity index (χ2n) is 8.42. The van der Waals surface area contributed by atoms with E-state index in [0.29, 0.717) is 15.2 Å². The van der Waals surface area contributed by atoms with Crippen LogP contribution in [0.5, 0.6) is 17.5 Å². The Kier molecular flexibility index (Phi) is 7.68. The molecule has 0 N–H and O–H groups in total. The summed E-state index contributed by atoms with van der Waals surface area (Å²) in [5.41, 5.74) is -1.48. The topological polar surface area (TPSA) is 80.3 Å². The fourth-order valence-electron chi connectivity index (χ4n) is 3.82. The third-order valence-corrected chi connectivity index (χ3v) is 5.79. The van der Waals surface area contributed by atoms with Crippen molar-refractivity contribution in [1.29, 1.82) is 0 Å². The average Bonchev–Trinajstić information content (AvgIpc) is 3.17. The van der Waals surface area contributed by atoms with Gasteiger partial charge in [0.25, 0.3) is 5.56 Å². The van der Waals surface area contributed by atoms with Gasteiger partial charge in [-0.3, -0.25) is 18.5 Å². The molecule has 0 aliphatic rings. The lowest BCUT2D eigenvalue weighted by Gasteiger charge is -2.13. The van der Waals surface area contributed by atoms with E-state index in [2.05, 4.69) is 9.72 Å². The van der Waals surface area contributed by atoms with Crippen LogP contribution in [0.2, 0.25) is 5.02 Å². The molecule has 4 rings (SSSR count). The summed E-state index contributed by atoms with van der Waals surface area (Å²) in [5.74, 6) is -0.695. The number of aryl methyl sites for hydroxylation is 1. The molecule has 0 unspecified atom stereocenters. The zero-order valence-corrected chi connectivity index (χ0v) is 20.8. The van der Waals surface area contributed by atoms with Gasteiger partial charge >= 0.3 is 24.2 Å². The number of benzene rings is 2. The molecule has 0 aliphatic carbocycles. The van der Waals surface area contributed by atoms with Crippen molar-refractivity contribution in [1.82, 2.24) is 18.7 Å². The Labute approximate surface area is 220 Å². The summed E-state index contributed by atoms with van der Waals surface area (Å²) in [7, 11) is 1.28. The van der Waals surface area contributed by atoms with Crippen LogP contribution in [0, 0.1) is 0 Å². The molecule has 0 saturated carbocycles. The van der Waals surface area contributed by atoms with Crippen molar-refractivity contribution in [3.8, 4) is 17.5 Å². The molecule has 4 aromatic rings. The number of hydrogen-bond donors (Lipinski definition) is 0. The molecule has 0 atom stereocenters. The van der Waals surface area contributed by atoms with Gasteiger partial charge in [0.05, 0.1) is 6.54 Å². The Balaban J connectivity index is 1.83. The van der Waals surface area contributed by atoms with E-state index in [1.807, 2.05) is 0 Å². The molecule has 0 spiro atoms. The van der Waals surface area contributed by atoms with Gasteiger partial charge in [-0.2, -0.15) is 18.2 Å². The Morgan fingerprint density at radius 1 is 0.949 bits per heavy atom. The van der Waals surface area contributed by atoms with Crippen molar-refractivity contribution in [3.63, 3.8) is 0 Å². The molecule has 2 aromatic carbocycles. The minimum Gasteiger partial charge on any atom is -0.425 e. The standard InChI is InChI=1S/C24H19ClF6N4O4/c1-33-19-18(20(36)34(22(33)37)11-3-10-23(26,27)28)35(13-14-6-8-15(25)9-7-14)21(32-19)38-16-4-2-5-17(12-16)39-24(29,30)31/h2,4-9,12H,3,10-11,13H2,1H3. The third-order valence-electron chi connectivity index (χ3n) is 5.54. The largest absolute Gasteiger partial charge is 0.573 e. The molecular formula is C24H19ClF6N4O4. The molecule has 0 aliphatic heterocycles. The van der Waals surface area contributed by atoms with E-state index in [1.165, 1.54) is 23.7 Å². The molecule has 0 fully saturated rings. The molecule has 0 bridgehead atoms. The molecule has 0 saturated heterocycles. The minimum atomic E-state index is -4.95. The molecule has 2 heterocycles. The average molecular weight is 577 g/mol. The predicted molar refractivity (Wildman–Crippen MR) is 128 cm³/mol. The number of aromatic nitrogens is 4. The van der Waals surface area contributed by atoms with E-state index in [-0.39, 0.29) is 29.5 Å². The highest BCUT2D eigenvalue weighted by Gasteiger charge is 2.31. The van der Waals surface area contributed by atoms with Crippen LogP contribution in [-0.4, -0.2) is 31.2 Å². The number of alkyl halides is 6. The van der Waals surface area contributed by atoms with Crippen molar-refractivity contribution in [3.05, 3.63) is 80.0 Å². The van der Waals surface area contributed by atoms with E-state index in [4.69, 9.17) is 16.3 Å². The summed E-state index contributed by atoms with van der Waals surface area (Å²) in [5, 5.41) is 0.432. The van der Waals surface area contributed by atoms with Gasteiger partial charge in [-0.15, -0.1) is 13.2 Å². The van der Waals surface area contributed by atoms with Crippen LogP contribution < -0.4 is 20.7 Å². The van der Waals surface area contributed by atoms with E-state index >= 15 is 0 Å². The van der Waals surface area contributed by atoms with Crippen LogP contribution in [0.15, 0.2) is 58.1 Å². The predicted octanol–water partition coefficient (Wildman–Crippen LogP) is 5.63. The molecule has 2 aromatic heterocycles. The first-order valence-electron chi connectivity index (χ1n) is 11.3. The zero-order valence-electron chi connectivity index (χ0n) is 20.0. The zero-order chi connectivity index (χ0) is 28.5. The second-order valence-corrected chi connectivity index (χ2v) is 8.86. The minimum absolute atomic E-state index is 0.0578. The highest BCUT2D eigenvalue weighted by Crippen LogP contribution is 2.30. The van der Waals surface area contributed by atoms with Gasteiger partial charge in [0.15, 0.2) is 11.2 Å². The first-order chi connectivity index (χ1) is 18.2. The van der Waals surface area contributed by atoms with Gasteiger partial charge in [0.1, 0.15) is 11.5 Å². The highest BCUT2D eigenvalue weighted by atomic mass is 35.5. The summed E-state index contributed by atoms with van der Waals surface area (Å²) in [6.07, 6.45) is -11.1. The van der Waals surface area contributed by atoms with Crippen LogP contribution >= 0.6 is 11.6 Å². The molecule has 15 heteroatoms. The number of imidazole rings is 1. The van der Waals surface area contributed by atoms with Crippen molar-refractivity contribution in [2.75, 3.05) is 0 Å². The number of fused-ring (bicyclic) bond motifs is 1. The summed E-state index contributed by atoms with van der Waals surface area (Å²) in [6, 6.07) is 10.8. The second kappa shape index (κ2) is 10.7. The number of halogens is 7. The number of rotatable bonds is 8. The Bertz CT molecular complexity index is 1610. The summed E-state index contributed by atoms with van der Waals surface area (Å²) in [6.45, 7) is -0.558. The summed E-state index contributed by atoms with van der Waals surface area (Å²) in [4.78, 5) is 30.4. The lowest BCUT2D eigenvalue weighted by atomic mass is 10.2. The Morgan fingerprint density at radius 2 is 1.62 bits per heavy atom. The van der Waals surface area contributed by atoms with Crippen LogP contribution in [0.4, 0.5) is 26.3 Å². The van der Waals surface area contributed by atoms with Crippen molar-refractivity contribution in [2.24, 2.45) is 7.05 Å². The first-order valence-corrected chi connectivity index (χ1v) is 11.6. The van der Waals surface area contributed by atoms with Gasteiger partial charge < -0.3 is 9.47 Å². The van der Waals surface area contributed by atoms with Crippen molar-refractivity contribution in [2.45, 2.75) is 38.5 Å². The number of nitrogens with zero attached hydrogens (tertiary/aromatic N) is 4. The smallest absolute Gasteiger partial charge is 0.425 e. The van der Waals surface area contributed by atoms with Gasteiger partial charge in [-0.1, -0.05) is 29.8 Å². The van der Waals surface area contributed by atoms with Crippen LogP contribution in [0.3, 0.4) is 0 Å². The molecule has 0 radical (unpaired) electrons. The number of hydrogen-bond acceptors (Lipinski definition) is 5. The summed E-state index contributed by atoms with van der Waals surface area (Å²) >= 11 is 5.95. The van der Waals surface area contributed by atoms with E-state index in [1.54, 1.807) is 24.3 Å². The Morgan fingerprint density at radius 3 is 2.26 bits per heavy atom. The Hall–Kier alpha value is -3.94. The first kappa shape index (κ1) is 28.1. The van der Waals surface area contributed by atoms with Gasteiger partial charge in [-0.05, 0) is 36.2 Å². The molecule has 8 nitrogen and oxygen atoms in total. The van der Waals surface area contributed by atoms with Gasteiger partial charge in [0.2, 0.25) is 0 Å². The van der Waals surface area contributed by atoms with E-state index < -0.39 is 48.9 Å². The quantitative estimate of drug-likeness (QED) is 0.254.